The lowest BCUT2D eigenvalue weighted by Gasteiger charge is -2.18. The first-order valence-electron chi connectivity index (χ1n) is 7.25. The number of nitrogens with zero attached hydrogens (tertiary/aromatic N) is 1. The van der Waals surface area contributed by atoms with Gasteiger partial charge in [-0.05, 0) is 24.5 Å². The topological polar surface area (TPSA) is 42.2 Å². The van der Waals surface area contributed by atoms with Crippen LogP contribution in [-0.2, 0) is 18.3 Å². The van der Waals surface area contributed by atoms with E-state index in [0.717, 1.165) is 28.1 Å². The van der Waals surface area contributed by atoms with E-state index >= 15 is 0 Å². The minimum absolute atomic E-state index is 0.0905. The highest BCUT2D eigenvalue weighted by Crippen LogP contribution is 2.25. The van der Waals surface area contributed by atoms with Gasteiger partial charge in [0.05, 0.1) is 6.42 Å². The van der Waals surface area contributed by atoms with Crippen LogP contribution in [0, 0.1) is 12.8 Å². The summed E-state index contributed by atoms with van der Waals surface area (Å²) in [6.07, 6.45) is 4.55. The van der Waals surface area contributed by atoms with Gasteiger partial charge in [-0.1, -0.05) is 44.4 Å². The Morgan fingerprint density at radius 2 is 1.95 bits per heavy atom. The van der Waals surface area contributed by atoms with Gasteiger partial charge >= 0.3 is 5.97 Å². The molecule has 108 valence electrons. The van der Waals surface area contributed by atoms with Crippen molar-refractivity contribution in [1.82, 2.24) is 4.57 Å². The molecule has 0 aliphatic heterocycles. The van der Waals surface area contributed by atoms with Crippen molar-refractivity contribution in [2.45, 2.75) is 39.5 Å². The van der Waals surface area contributed by atoms with Crippen LogP contribution in [0.15, 0.2) is 24.3 Å². The molecule has 1 saturated carbocycles. The smallest absolute Gasteiger partial charge is 0.307 e. The summed E-state index contributed by atoms with van der Waals surface area (Å²) in [5.74, 6) is 0.282. The lowest BCUT2D eigenvalue weighted by atomic mass is 9.88. The minimum Gasteiger partial charge on any atom is -0.481 e. The number of aliphatic carboxylic acids is 1. The van der Waals surface area contributed by atoms with Crippen LogP contribution in [0.5, 0.6) is 0 Å². The fraction of sp³-hybridized carbons (Fsp3) is 0.471. The molecule has 0 spiro atoms. The molecule has 3 nitrogen and oxygen atoms in total. The van der Waals surface area contributed by atoms with Crippen molar-refractivity contribution in [3.63, 3.8) is 0 Å². The highest BCUT2D eigenvalue weighted by Gasteiger charge is 2.13. The Labute approximate surface area is 120 Å². The van der Waals surface area contributed by atoms with Gasteiger partial charge in [0.2, 0.25) is 0 Å². The highest BCUT2D eigenvalue weighted by atomic mass is 16.4. The van der Waals surface area contributed by atoms with Crippen molar-refractivity contribution in [2.24, 2.45) is 13.0 Å². The van der Waals surface area contributed by atoms with Crippen molar-refractivity contribution in [1.29, 1.82) is 0 Å². The van der Waals surface area contributed by atoms with Crippen LogP contribution in [0.2, 0.25) is 0 Å². The van der Waals surface area contributed by atoms with Gasteiger partial charge in [0, 0.05) is 23.6 Å². The third-order valence-electron chi connectivity index (χ3n) is 4.25. The number of aryl methyl sites for hydroxylation is 1. The molecule has 1 heterocycles. The molecule has 1 aliphatic rings. The van der Waals surface area contributed by atoms with Crippen LogP contribution in [0.25, 0.3) is 10.9 Å². The molecule has 0 saturated heterocycles. The van der Waals surface area contributed by atoms with E-state index in [1.807, 2.05) is 42.8 Å². The second-order valence-electron chi connectivity index (χ2n) is 5.75. The van der Waals surface area contributed by atoms with Crippen LogP contribution in [-0.4, -0.2) is 15.6 Å². The Bertz CT molecular complexity index is 609. The summed E-state index contributed by atoms with van der Waals surface area (Å²) in [6.45, 7) is 4.27. The van der Waals surface area contributed by atoms with Gasteiger partial charge in [0.25, 0.3) is 0 Å². The molecule has 0 radical (unpaired) electrons. The maximum atomic E-state index is 10.8. The second-order valence-corrected chi connectivity index (χ2v) is 5.75. The molecule has 0 atom stereocenters. The minimum atomic E-state index is -0.783. The molecule has 20 heavy (non-hydrogen) atoms. The Morgan fingerprint density at radius 3 is 2.45 bits per heavy atom. The molecule has 1 N–H and O–H groups in total. The molecule has 1 aromatic heterocycles. The van der Waals surface area contributed by atoms with Crippen LogP contribution >= 0.6 is 0 Å². The van der Waals surface area contributed by atoms with E-state index < -0.39 is 5.97 Å². The zero-order valence-electron chi connectivity index (χ0n) is 12.5. The molecule has 0 amide bonds. The number of rotatable bonds is 2. The van der Waals surface area contributed by atoms with E-state index in [0.29, 0.717) is 0 Å². The van der Waals surface area contributed by atoms with Gasteiger partial charge in [-0.2, -0.15) is 0 Å². The zero-order valence-corrected chi connectivity index (χ0v) is 12.5. The number of carbonyl (C=O) groups is 1. The zero-order chi connectivity index (χ0) is 14.7. The summed E-state index contributed by atoms with van der Waals surface area (Å²) < 4.78 is 2.04. The molecule has 2 aromatic rings. The number of carboxylic acid groups (broad SMARTS) is 1. The standard InChI is InChI=1S/C12H13NO2.C5H10/c1-8-10(7-12(14)15)9-5-3-4-6-11(9)13(8)2;1-5-3-2-4-5/h3-6H,7H2,1-2H3,(H,14,15);5H,2-4H2,1H3. The SMILES string of the molecule is CC1CCC1.Cc1c(CC(=O)O)c2ccccc2n1C. The summed E-state index contributed by atoms with van der Waals surface area (Å²) >= 11 is 0. The number of hydrogen-bond acceptors (Lipinski definition) is 1. The predicted octanol–water partition coefficient (Wildman–Crippen LogP) is 3.92. The number of carboxylic acids is 1. The third-order valence-corrected chi connectivity index (χ3v) is 4.25. The molecule has 0 unspecified atom stereocenters. The summed E-state index contributed by atoms with van der Waals surface area (Å²) in [5.41, 5.74) is 3.03. The highest BCUT2D eigenvalue weighted by molar-refractivity contribution is 5.88. The molecule has 1 aliphatic carbocycles. The maximum Gasteiger partial charge on any atom is 0.307 e. The Hall–Kier alpha value is -1.77. The van der Waals surface area contributed by atoms with Crippen molar-refractivity contribution < 1.29 is 9.90 Å². The van der Waals surface area contributed by atoms with Crippen molar-refractivity contribution in [3.05, 3.63) is 35.5 Å². The largest absolute Gasteiger partial charge is 0.481 e. The Morgan fingerprint density at radius 1 is 1.35 bits per heavy atom. The molecule has 0 bridgehead atoms. The van der Waals surface area contributed by atoms with Gasteiger partial charge in [-0.15, -0.1) is 0 Å². The molecule has 1 fully saturated rings. The number of hydrogen-bond donors (Lipinski definition) is 1. The fourth-order valence-corrected chi connectivity index (χ4v) is 2.59. The fourth-order valence-electron chi connectivity index (χ4n) is 2.59. The van der Waals surface area contributed by atoms with E-state index in [2.05, 4.69) is 6.92 Å². The third kappa shape index (κ3) is 3.03. The first-order chi connectivity index (χ1) is 9.50. The van der Waals surface area contributed by atoms with Crippen LogP contribution in [0.4, 0.5) is 0 Å². The van der Waals surface area contributed by atoms with E-state index in [4.69, 9.17) is 5.11 Å². The second kappa shape index (κ2) is 6.12. The van der Waals surface area contributed by atoms with Crippen LogP contribution in [0.3, 0.4) is 0 Å². The van der Waals surface area contributed by atoms with E-state index in [-0.39, 0.29) is 6.42 Å². The van der Waals surface area contributed by atoms with Crippen LogP contribution < -0.4 is 0 Å². The molecule has 3 heteroatoms. The van der Waals surface area contributed by atoms with Crippen molar-refractivity contribution >= 4 is 16.9 Å². The molecular formula is C17H23NO2. The summed E-state index contributed by atoms with van der Waals surface area (Å²) in [7, 11) is 1.96. The first kappa shape index (κ1) is 14.6. The number of fused-ring (bicyclic) bond motifs is 1. The number of para-hydroxylation sites is 1. The quantitative estimate of drug-likeness (QED) is 0.901. The van der Waals surface area contributed by atoms with Gasteiger partial charge in [-0.3, -0.25) is 4.79 Å². The maximum absolute atomic E-state index is 10.8. The number of benzene rings is 1. The molecule has 3 rings (SSSR count). The number of aromatic nitrogens is 1. The molecule has 1 aromatic carbocycles. The van der Waals surface area contributed by atoms with Gasteiger partial charge in [-0.25, -0.2) is 0 Å². The average Bonchev–Trinajstić information content (AvgIpc) is 2.63. The van der Waals surface area contributed by atoms with E-state index in [9.17, 15) is 4.79 Å². The monoisotopic (exact) mass is 273 g/mol. The average molecular weight is 273 g/mol. The normalized spacial score (nSPS) is 14.6. The molecular weight excluding hydrogens is 250 g/mol. The predicted molar refractivity (Wildman–Crippen MR) is 82.0 cm³/mol. The van der Waals surface area contributed by atoms with E-state index in [1.54, 1.807) is 0 Å². The first-order valence-corrected chi connectivity index (χ1v) is 7.25. The summed E-state index contributed by atoms with van der Waals surface area (Å²) in [4.78, 5) is 10.8. The van der Waals surface area contributed by atoms with Gasteiger partial charge in [0.15, 0.2) is 0 Å². The van der Waals surface area contributed by atoms with E-state index in [1.165, 1.54) is 19.3 Å². The van der Waals surface area contributed by atoms with Gasteiger partial charge < -0.3 is 9.67 Å². The summed E-state index contributed by atoms with van der Waals surface area (Å²) in [5, 5.41) is 9.89. The van der Waals surface area contributed by atoms with Crippen molar-refractivity contribution in [3.8, 4) is 0 Å². The Kier molecular flexibility index (Phi) is 4.48. The lowest BCUT2D eigenvalue weighted by Crippen LogP contribution is -2.04. The lowest BCUT2D eigenvalue weighted by molar-refractivity contribution is -0.136. The Balaban J connectivity index is 0.000000247. The summed E-state index contributed by atoms with van der Waals surface area (Å²) in [6, 6.07) is 7.88. The van der Waals surface area contributed by atoms with Gasteiger partial charge in [0.1, 0.15) is 0 Å². The van der Waals surface area contributed by atoms with Crippen LogP contribution in [0.1, 0.15) is 37.4 Å². The van der Waals surface area contributed by atoms with Crippen molar-refractivity contribution in [2.75, 3.05) is 0 Å².